The Morgan fingerprint density at radius 3 is 2.56 bits per heavy atom. The molecule has 1 saturated carbocycles. The van der Waals surface area contributed by atoms with Crippen LogP contribution in [-0.4, -0.2) is 63.9 Å². The largest absolute Gasteiger partial charge is 0.497 e. The Hall–Kier alpha value is -1.91. The fraction of sp³-hybridized carbons (Fsp3) is 0.458. The first-order chi connectivity index (χ1) is 15.2. The summed E-state index contributed by atoms with van der Waals surface area (Å²) in [5, 5.41) is 6.94. The summed E-state index contributed by atoms with van der Waals surface area (Å²) in [5.74, 6) is 1.65. The molecule has 0 amide bonds. The zero-order chi connectivity index (χ0) is 21.6. The number of morpholine rings is 1. The summed E-state index contributed by atoms with van der Waals surface area (Å²) >= 11 is 0. The highest BCUT2D eigenvalue weighted by atomic mass is 127. The second-order valence-corrected chi connectivity index (χ2v) is 8.00. The minimum Gasteiger partial charge on any atom is -0.497 e. The molecule has 2 aromatic carbocycles. The fourth-order valence-corrected chi connectivity index (χ4v) is 4.21. The van der Waals surface area contributed by atoms with Crippen molar-refractivity contribution >= 4 is 29.9 Å². The first kappa shape index (κ1) is 24.7. The average Bonchev–Trinajstić information content (AvgIpc) is 3.58. The fourth-order valence-electron chi connectivity index (χ4n) is 4.21. The quantitative estimate of drug-likeness (QED) is 0.312. The van der Waals surface area contributed by atoms with E-state index in [9.17, 15) is 4.39 Å². The smallest absolute Gasteiger partial charge is 0.191 e. The van der Waals surface area contributed by atoms with Gasteiger partial charge in [0.15, 0.2) is 5.96 Å². The van der Waals surface area contributed by atoms with Gasteiger partial charge in [0.2, 0.25) is 0 Å². The van der Waals surface area contributed by atoms with Crippen LogP contribution in [0.1, 0.15) is 29.5 Å². The van der Waals surface area contributed by atoms with Crippen LogP contribution in [0.2, 0.25) is 0 Å². The van der Waals surface area contributed by atoms with Crippen LogP contribution < -0.4 is 15.4 Å². The molecule has 0 spiro atoms. The predicted molar refractivity (Wildman–Crippen MR) is 136 cm³/mol. The highest BCUT2D eigenvalue weighted by Gasteiger charge is 2.40. The molecule has 2 fully saturated rings. The maximum Gasteiger partial charge on any atom is 0.191 e. The molecule has 32 heavy (non-hydrogen) atoms. The molecule has 0 radical (unpaired) electrons. The van der Waals surface area contributed by atoms with Crippen LogP contribution in [0.5, 0.6) is 5.75 Å². The number of hydrogen-bond donors (Lipinski definition) is 2. The number of rotatable bonds is 7. The lowest BCUT2D eigenvalue weighted by Crippen LogP contribution is -2.46. The molecule has 3 unspecified atom stereocenters. The van der Waals surface area contributed by atoms with Gasteiger partial charge in [0.05, 0.1) is 26.4 Å². The van der Waals surface area contributed by atoms with Crippen LogP contribution in [0.25, 0.3) is 0 Å². The topological polar surface area (TPSA) is 58.1 Å². The number of aliphatic imine (C=N–C) groups is 1. The lowest BCUT2D eigenvalue weighted by molar-refractivity contribution is 0.0170. The highest BCUT2D eigenvalue weighted by molar-refractivity contribution is 14.0. The van der Waals surface area contributed by atoms with Gasteiger partial charge in [0, 0.05) is 38.6 Å². The summed E-state index contributed by atoms with van der Waals surface area (Å²) in [5.41, 5.74) is 2.00. The van der Waals surface area contributed by atoms with E-state index in [0.29, 0.717) is 6.54 Å². The van der Waals surface area contributed by atoms with Crippen molar-refractivity contribution in [2.45, 2.75) is 24.4 Å². The molecule has 0 aromatic heterocycles. The number of nitrogens with one attached hydrogen (secondary N) is 2. The van der Waals surface area contributed by atoms with Crippen molar-refractivity contribution in [2.24, 2.45) is 4.99 Å². The molecule has 4 rings (SSSR count). The van der Waals surface area contributed by atoms with Crippen molar-refractivity contribution in [3.63, 3.8) is 0 Å². The molecule has 1 aliphatic heterocycles. The van der Waals surface area contributed by atoms with Crippen LogP contribution in [0, 0.1) is 5.82 Å². The monoisotopic (exact) mass is 554 g/mol. The van der Waals surface area contributed by atoms with Gasteiger partial charge in [0.1, 0.15) is 11.6 Å². The molecule has 2 aliphatic rings. The number of nitrogens with zero attached hydrogens (tertiary/aromatic N) is 2. The summed E-state index contributed by atoms with van der Waals surface area (Å²) in [6.45, 7) is 3.98. The van der Waals surface area contributed by atoms with Crippen molar-refractivity contribution in [1.29, 1.82) is 0 Å². The molecule has 2 N–H and O–H groups in total. The number of guanidine groups is 1. The van der Waals surface area contributed by atoms with Crippen molar-refractivity contribution in [3.05, 3.63) is 65.5 Å². The van der Waals surface area contributed by atoms with E-state index in [1.807, 2.05) is 24.3 Å². The SMILES string of the molecule is CN=C(NCC(c1ccc(OC)cc1)N1CCOCC1)NC1CC1c1ccccc1F.I. The number of methoxy groups -OCH3 is 1. The third-order valence-electron chi connectivity index (χ3n) is 6.09. The number of benzene rings is 2. The van der Waals surface area contributed by atoms with E-state index in [1.165, 1.54) is 11.6 Å². The molecule has 1 aliphatic carbocycles. The lowest BCUT2D eigenvalue weighted by Gasteiger charge is -2.35. The van der Waals surface area contributed by atoms with Gasteiger partial charge in [-0.25, -0.2) is 4.39 Å². The van der Waals surface area contributed by atoms with Gasteiger partial charge in [-0.1, -0.05) is 30.3 Å². The molecular formula is C24H32FIN4O2. The van der Waals surface area contributed by atoms with Gasteiger partial charge in [-0.3, -0.25) is 9.89 Å². The second-order valence-electron chi connectivity index (χ2n) is 8.00. The zero-order valence-electron chi connectivity index (χ0n) is 18.6. The molecule has 174 valence electrons. The Morgan fingerprint density at radius 2 is 1.91 bits per heavy atom. The highest BCUT2D eigenvalue weighted by Crippen LogP contribution is 2.41. The van der Waals surface area contributed by atoms with Crippen LogP contribution in [0.3, 0.4) is 0 Å². The van der Waals surface area contributed by atoms with Gasteiger partial charge < -0.3 is 20.1 Å². The molecule has 8 heteroatoms. The van der Waals surface area contributed by atoms with Crippen LogP contribution in [-0.2, 0) is 4.74 Å². The summed E-state index contributed by atoms with van der Waals surface area (Å²) in [6, 6.07) is 15.6. The van der Waals surface area contributed by atoms with E-state index < -0.39 is 0 Å². The van der Waals surface area contributed by atoms with E-state index in [1.54, 1.807) is 20.2 Å². The van der Waals surface area contributed by atoms with Gasteiger partial charge in [-0.05, 0) is 35.7 Å². The van der Waals surface area contributed by atoms with E-state index in [0.717, 1.165) is 50.0 Å². The average molecular weight is 554 g/mol. The zero-order valence-corrected chi connectivity index (χ0v) is 20.9. The van der Waals surface area contributed by atoms with E-state index >= 15 is 0 Å². The van der Waals surface area contributed by atoms with E-state index in [-0.39, 0.29) is 47.8 Å². The van der Waals surface area contributed by atoms with Crippen LogP contribution >= 0.6 is 24.0 Å². The van der Waals surface area contributed by atoms with Gasteiger partial charge in [-0.15, -0.1) is 24.0 Å². The third-order valence-corrected chi connectivity index (χ3v) is 6.09. The maximum absolute atomic E-state index is 14.1. The Kier molecular flexibility index (Phi) is 9.12. The molecule has 2 aromatic rings. The predicted octanol–water partition coefficient (Wildman–Crippen LogP) is 3.55. The minimum atomic E-state index is -0.133. The lowest BCUT2D eigenvalue weighted by atomic mass is 10.0. The van der Waals surface area contributed by atoms with Crippen LogP contribution in [0.4, 0.5) is 4.39 Å². The van der Waals surface area contributed by atoms with E-state index in [2.05, 4.69) is 32.7 Å². The summed E-state index contributed by atoms with van der Waals surface area (Å²) < 4.78 is 24.9. The summed E-state index contributed by atoms with van der Waals surface area (Å²) in [7, 11) is 3.45. The minimum absolute atomic E-state index is 0. The summed E-state index contributed by atoms with van der Waals surface area (Å²) in [6.07, 6.45) is 0.910. The Balaban J connectivity index is 0.00000289. The van der Waals surface area contributed by atoms with Crippen molar-refractivity contribution in [2.75, 3.05) is 47.0 Å². The second kappa shape index (κ2) is 11.8. The Labute approximate surface area is 206 Å². The molecule has 3 atom stereocenters. The Morgan fingerprint density at radius 1 is 1.19 bits per heavy atom. The molecular weight excluding hydrogens is 522 g/mol. The van der Waals surface area contributed by atoms with E-state index in [4.69, 9.17) is 9.47 Å². The molecule has 6 nitrogen and oxygen atoms in total. The maximum atomic E-state index is 14.1. The first-order valence-corrected chi connectivity index (χ1v) is 10.9. The van der Waals surface area contributed by atoms with Gasteiger partial charge >= 0.3 is 0 Å². The third kappa shape index (κ3) is 6.11. The van der Waals surface area contributed by atoms with Crippen molar-refractivity contribution in [3.8, 4) is 5.75 Å². The van der Waals surface area contributed by atoms with Gasteiger partial charge in [0.25, 0.3) is 0 Å². The first-order valence-electron chi connectivity index (χ1n) is 10.9. The van der Waals surface area contributed by atoms with Crippen molar-refractivity contribution in [1.82, 2.24) is 15.5 Å². The van der Waals surface area contributed by atoms with Crippen LogP contribution in [0.15, 0.2) is 53.5 Å². The number of ether oxygens (including phenoxy) is 2. The number of hydrogen-bond acceptors (Lipinski definition) is 4. The van der Waals surface area contributed by atoms with Crippen molar-refractivity contribution < 1.29 is 13.9 Å². The summed E-state index contributed by atoms with van der Waals surface area (Å²) in [4.78, 5) is 6.83. The standard InChI is InChI=1S/C24H31FN4O2.HI/c1-26-24(28-22-15-20(22)19-5-3-4-6-21(19)25)27-16-23(29-11-13-31-14-12-29)17-7-9-18(30-2)10-8-17;/h3-10,20,22-23H,11-16H2,1-2H3,(H2,26,27,28);1H. The number of halogens is 2. The normalized spacial score (nSPS) is 21.9. The van der Waals surface area contributed by atoms with Gasteiger partial charge in [-0.2, -0.15) is 0 Å². The molecule has 1 heterocycles. The molecule has 0 bridgehead atoms. The molecule has 1 saturated heterocycles. The Bertz CT molecular complexity index is 890.